The van der Waals surface area contributed by atoms with Gasteiger partial charge in [0.15, 0.2) is 17.6 Å². The lowest BCUT2D eigenvalue weighted by Crippen LogP contribution is -2.40. The number of piperidine rings is 1. The summed E-state index contributed by atoms with van der Waals surface area (Å²) in [6.07, 6.45) is 3.64. The minimum Gasteiger partial charge on any atom is -0.356 e. The van der Waals surface area contributed by atoms with Gasteiger partial charge in [-0.2, -0.15) is 0 Å². The van der Waals surface area contributed by atoms with Gasteiger partial charge in [-0.25, -0.2) is 8.78 Å². The largest absolute Gasteiger partial charge is 0.356 e. The minimum absolute atomic E-state index is 0. The van der Waals surface area contributed by atoms with Crippen LogP contribution in [0.1, 0.15) is 44.7 Å². The molecule has 0 aromatic heterocycles. The highest BCUT2D eigenvalue weighted by Gasteiger charge is 2.18. The van der Waals surface area contributed by atoms with Crippen molar-refractivity contribution < 1.29 is 8.78 Å². The van der Waals surface area contributed by atoms with Gasteiger partial charge in [-0.1, -0.05) is 13.0 Å². The zero-order chi connectivity index (χ0) is 18.2. The van der Waals surface area contributed by atoms with Crippen molar-refractivity contribution in [2.45, 2.75) is 39.2 Å². The Morgan fingerprint density at radius 2 is 1.96 bits per heavy atom. The van der Waals surface area contributed by atoms with E-state index in [9.17, 15) is 8.78 Å². The fourth-order valence-corrected chi connectivity index (χ4v) is 3.25. The highest BCUT2D eigenvalue weighted by atomic mass is 127. The molecule has 0 radical (unpaired) electrons. The second kappa shape index (κ2) is 11.7. The van der Waals surface area contributed by atoms with Gasteiger partial charge in [-0.05, 0) is 69.4 Å². The molecule has 4 nitrogen and oxygen atoms in total. The van der Waals surface area contributed by atoms with Crippen LogP contribution >= 0.6 is 24.0 Å². The van der Waals surface area contributed by atoms with E-state index in [2.05, 4.69) is 27.4 Å². The van der Waals surface area contributed by atoms with Crippen LogP contribution in [0.5, 0.6) is 0 Å². The van der Waals surface area contributed by atoms with Crippen molar-refractivity contribution in [3.05, 3.63) is 35.4 Å². The maximum absolute atomic E-state index is 13.4. The van der Waals surface area contributed by atoms with E-state index in [4.69, 9.17) is 0 Å². The molecule has 2 N–H and O–H groups in total. The first-order valence-electron chi connectivity index (χ1n) is 9.18. The second-order valence-corrected chi connectivity index (χ2v) is 6.70. The lowest BCUT2D eigenvalue weighted by Gasteiger charge is -2.31. The maximum atomic E-state index is 13.4. The van der Waals surface area contributed by atoms with Gasteiger partial charge in [-0.15, -0.1) is 24.0 Å². The molecule has 1 fully saturated rings. The van der Waals surface area contributed by atoms with Crippen LogP contribution in [-0.2, 0) is 0 Å². The Morgan fingerprint density at radius 3 is 2.54 bits per heavy atom. The Kier molecular flexibility index (Phi) is 10.4. The summed E-state index contributed by atoms with van der Waals surface area (Å²) < 4.78 is 26.4. The zero-order valence-corrected chi connectivity index (χ0v) is 18.2. The van der Waals surface area contributed by atoms with Crippen LogP contribution < -0.4 is 10.6 Å². The van der Waals surface area contributed by atoms with Crippen LogP contribution in [0, 0.1) is 17.6 Å². The van der Waals surface area contributed by atoms with Gasteiger partial charge < -0.3 is 15.5 Å². The third-order valence-corrected chi connectivity index (χ3v) is 5.02. The number of halogens is 3. The molecule has 7 heteroatoms. The summed E-state index contributed by atoms with van der Waals surface area (Å²) in [4.78, 5) is 6.71. The van der Waals surface area contributed by atoms with Crippen molar-refractivity contribution >= 4 is 29.9 Å². The highest BCUT2D eigenvalue weighted by Crippen LogP contribution is 2.19. The summed E-state index contributed by atoms with van der Waals surface area (Å²) in [7, 11) is 1.72. The van der Waals surface area contributed by atoms with Gasteiger partial charge in [0, 0.05) is 13.6 Å². The van der Waals surface area contributed by atoms with Crippen molar-refractivity contribution in [3.63, 3.8) is 0 Å². The number of hydrogen-bond acceptors (Lipinski definition) is 2. The van der Waals surface area contributed by atoms with E-state index in [0.717, 1.165) is 31.5 Å². The molecule has 2 rings (SSSR count). The first-order valence-corrected chi connectivity index (χ1v) is 9.18. The molecule has 0 aliphatic carbocycles. The van der Waals surface area contributed by atoms with Crippen molar-refractivity contribution in [1.29, 1.82) is 0 Å². The van der Waals surface area contributed by atoms with E-state index in [1.54, 1.807) is 13.1 Å². The Labute approximate surface area is 172 Å². The molecular weight excluding hydrogens is 449 g/mol. The van der Waals surface area contributed by atoms with Gasteiger partial charge in [0.25, 0.3) is 0 Å². The van der Waals surface area contributed by atoms with Crippen LogP contribution in [0.15, 0.2) is 23.2 Å². The Hall–Kier alpha value is -0.960. The van der Waals surface area contributed by atoms with Crippen LogP contribution in [0.25, 0.3) is 0 Å². The first-order chi connectivity index (χ1) is 12.0. The number of likely N-dealkylation sites (tertiary alicyclic amines) is 1. The fourth-order valence-electron chi connectivity index (χ4n) is 3.25. The third-order valence-electron chi connectivity index (χ3n) is 5.02. The molecule has 26 heavy (non-hydrogen) atoms. The van der Waals surface area contributed by atoms with Crippen LogP contribution in [0.3, 0.4) is 0 Å². The van der Waals surface area contributed by atoms with Crippen molar-refractivity contribution in [3.8, 4) is 0 Å². The molecule has 1 aromatic rings. The van der Waals surface area contributed by atoms with Gasteiger partial charge >= 0.3 is 0 Å². The molecule has 1 aromatic carbocycles. The monoisotopic (exact) mass is 480 g/mol. The molecule has 1 unspecified atom stereocenters. The fraction of sp³-hybridized carbons (Fsp3) is 0.632. The number of benzene rings is 1. The molecule has 148 valence electrons. The quantitative estimate of drug-likeness (QED) is 0.368. The molecule has 0 amide bonds. The van der Waals surface area contributed by atoms with Crippen molar-refractivity contribution in [1.82, 2.24) is 15.5 Å². The summed E-state index contributed by atoms with van der Waals surface area (Å²) >= 11 is 0. The Morgan fingerprint density at radius 1 is 1.27 bits per heavy atom. The van der Waals surface area contributed by atoms with E-state index in [0.29, 0.717) is 11.5 Å². The van der Waals surface area contributed by atoms with Crippen LogP contribution in [0.2, 0.25) is 0 Å². The average molecular weight is 480 g/mol. The normalized spacial score (nSPS) is 17.5. The number of nitrogens with zero attached hydrogens (tertiary/aromatic N) is 2. The maximum Gasteiger partial charge on any atom is 0.191 e. The zero-order valence-electron chi connectivity index (χ0n) is 15.9. The van der Waals surface area contributed by atoms with E-state index < -0.39 is 11.6 Å². The number of aliphatic imine (C=N–C) groups is 1. The Bertz CT molecular complexity index is 575. The van der Waals surface area contributed by atoms with Gasteiger partial charge in [0.1, 0.15) is 0 Å². The Balaban J connectivity index is 0.00000338. The molecule has 1 heterocycles. The van der Waals surface area contributed by atoms with Crippen LogP contribution in [0.4, 0.5) is 8.78 Å². The average Bonchev–Trinajstić information content (AvgIpc) is 2.63. The standard InChI is InChI=1S/C19H30F2N4.HI/c1-4-25-11-8-15(9-12-25)7-10-23-19(22-3)24-14(2)16-5-6-17(20)18(21)13-16;/h5-6,13-15H,4,7-12H2,1-3H3,(H2,22,23,24);1H. The van der Waals surface area contributed by atoms with Gasteiger partial charge in [-0.3, -0.25) is 4.99 Å². The molecular formula is C19H31F2IN4. The molecule has 0 saturated carbocycles. The predicted octanol–water partition coefficient (Wildman–Crippen LogP) is 3.93. The summed E-state index contributed by atoms with van der Waals surface area (Å²) in [6.45, 7) is 8.51. The van der Waals surface area contributed by atoms with E-state index in [1.807, 2.05) is 6.92 Å². The van der Waals surface area contributed by atoms with Crippen molar-refractivity contribution in [2.24, 2.45) is 10.9 Å². The molecule has 1 saturated heterocycles. The SMILES string of the molecule is CCN1CCC(CCNC(=NC)NC(C)c2ccc(F)c(F)c2)CC1.I. The highest BCUT2D eigenvalue weighted by molar-refractivity contribution is 14.0. The summed E-state index contributed by atoms with van der Waals surface area (Å²) in [6, 6.07) is 3.81. The molecule has 1 atom stereocenters. The molecule has 0 bridgehead atoms. The third kappa shape index (κ3) is 6.98. The number of nitrogens with one attached hydrogen (secondary N) is 2. The molecule has 1 aliphatic heterocycles. The predicted molar refractivity (Wildman–Crippen MR) is 114 cm³/mol. The second-order valence-electron chi connectivity index (χ2n) is 6.70. The number of hydrogen-bond donors (Lipinski definition) is 2. The molecule has 1 aliphatic rings. The summed E-state index contributed by atoms with van der Waals surface area (Å²) in [5, 5.41) is 6.55. The number of guanidine groups is 1. The summed E-state index contributed by atoms with van der Waals surface area (Å²) in [5.74, 6) is -0.208. The first kappa shape index (κ1) is 23.1. The number of rotatable bonds is 6. The lowest BCUT2D eigenvalue weighted by molar-refractivity contribution is 0.187. The molecule has 0 spiro atoms. The van der Waals surface area contributed by atoms with E-state index >= 15 is 0 Å². The topological polar surface area (TPSA) is 39.7 Å². The lowest BCUT2D eigenvalue weighted by atomic mass is 9.93. The van der Waals surface area contributed by atoms with E-state index in [-0.39, 0.29) is 30.0 Å². The van der Waals surface area contributed by atoms with Gasteiger partial charge in [0.2, 0.25) is 0 Å². The van der Waals surface area contributed by atoms with E-state index in [1.165, 1.54) is 32.0 Å². The minimum atomic E-state index is -0.826. The smallest absolute Gasteiger partial charge is 0.191 e. The van der Waals surface area contributed by atoms with Crippen molar-refractivity contribution in [2.75, 3.05) is 33.2 Å². The summed E-state index contributed by atoms with van der Waals surface area (Å²) in [5.41, 5.74) is 0.689. The van der Waals surface area contributed by atoms with Gasteiger partial charge in [0.05, 0.1) is 6.04 Å². The van der Waals surface area contributed by atoms with Crippen LogP contribution in [-0.4, -0.2) is 44.1 Å².